The molecule has 1 aliphatic heterocycles. The first-order valence-electron chi connectivity index (χ1n) is 9.01. The molecule has 146 valence electrons. The number of nitrogens with zero attached hydrogens (tertiary/aromatic N) is 2. The lowest BCUT2D eigenvalue weighted by Crippen LogP contribution is -2.20. The van der Waals surface area contributed by atoms with Gasteiger partial charge in [-0.1, -0.05) is 48.8 Å². The molecular weight excluding hydrogens is 415 g/mol. The number of halogens is 2. The van der Waals surface area contributed by atoms with Gasteiger partial charge in [0.1, 0.15) is 6.10 Å². The van der Waals surface area contributed by atoms with E-state index in [4.69, 9.17) is 23.2 Å². The van der Waals surface area contributed by atoms with Gasteiger partial charge in [0.25, 0.3) is 0 Å². The molecule has 2 aromatic heterocycles. The molecule has 0 aliphatic carbocycles. The lowest BCUT2D eigenvalue weighted by molar-refractivity contribution is 0.195. The van der Waals surface area contributed by atoms with Gasteiger partial charge < -0.3 is 14.8 Å². The molecule has 0 bridgehead atoms. The number of hydrogen-bond donors (Lipinski definition) is 2. The Morgan fingerprint density at radius 3 is 2.61 bits per heavy atom. The number of pyridine rings is 1. The third-order valence-electron chi connectivity index (χ3n) is 5.01. The Bertz CT molecular complexity index is 1030. The molecule has 28 heavy (non-hydrogen) atoms. The minimum Gasteiger partial charge on any atom is -0.392 e. The van der Waals surface area contributed by atoms with Crippen LogP contribution in [0.15, 0.2) is 46.6 Å². The summed E-state index contributed by atoms with van der Waals surface area (Å²) < 4.78 is 2.10. The van der Waals surface area contributed by atoms with E-state index < -0.39 is 6.10 Å². The van der Waals surface area contributed by atoms with Gasteiger partial charge in [-0.25, -0.2) is 0 Å². The fourth-order valence-corrected chi connectivity index (χ4v) is 5.86. The monoisotopic (exact) mass is 434 g/mol. The average molecular weight is 435 g/mol. The van der Waals surface area contributed by atoms with Crippen LogP contribution in [0.3, 0.4) is 0 Å². The van der Waals surface area contributed by atoms with Crippen LogP contribution >= 0.6 is 35.0 Å². The molecule has 0 saturated carbocycles. The first-order chi connectivity index (χ1) is 13.4. The van der Waals surface area contributed by atoms with Crippen molar-refractivity contribution in [3.63, 3.8) is 0 Å². The summed E-state index contributed by atoms with van der Waals surface area (Å²) in [4.78, 5) is 5.08. The molecule has 1 atom stereocenters. The Labute approximate surface area is 178 Å². The van der Waals surface area contributed by atoms with E-state index in [0.717, 1.165) is 37.9 Å². The van der Waals surface area contributed by atoms with Crippen LogP contribution in [0.1, 0.15) is 53.8 Å². The second kappa shape index (κ2) is 7.73. The normalized spacial score (nSPS) is 15.6. The van der Waals surface area contributed by atoms with Crippen molar-refractivity contribution in [2.45, 2.75) is 48.9 Å². The van der Waals surface area contributed by atoms with Crippen LogP contribution in [0.25, 0.3) is 0 Å². The zero-order valence-corrected chi connectivity index (χ0v) is 17.8. The maximum absolute atomic E-state index is 11.1. The van der Waals surface area contributed by atoms with Crippen LogP contribution in [-0.4, -0.2) is 19.8 Å². The van der Waals surface area contributed by atoms with Crippen molar-refractivity contribution < 1.29 is 10.2 Å². The second-order valence-electron chi connectivity index (χ2n) is 7.17. The minimum absolute atomic E-state index is 0.133. The molecule has 7 heteroatoms. The highest BCUT2D eigenvalue weighted by Gasteiger charge is 2.33. The lowest BCUT2D eigenvalue weighted by Gasteiger charge is -2.26. The molecule has 2 N–H and O–H groups in total. The number of fused-ring (bicyclic) bond motifs is 2. The molecular formula is C21H20Cl2N2O2S. The number of aromatic nitrogens is 2. The van der Waals surface area contributed by atoms with Gasteiger partial charge in [0.05, 0.1) is 17.3 Å². The van der Waals surface area contributed by atoms with Crippen LogP contribution in [0.4, 0.5) is 0 Å². The predicted molar refractivity (Wildman–Crippen MR) is 112 cm³/mol. The summed E-state index contributed by atoms with van der Waals surface area (Å²) in [6, 6.07) is 7.38. The fraction of sp³-hybridized carbons (Fsp3) is 0.286. The molecule has 1 aromatic carbocycles. The first-order valence-corrected chi connectivity index (χ1v) is 10.6. The van der Waals surface area contributed by atoms with E-state index in [0.29, 0.717) is 16.6 Å². The molecule has 4 nitrogen and oxygen atoms in total. The summed E-state index contributed by atoms with van der Waals surface area (Å²) in [6.45, 7) is 4.67. The van der Waals surface area contributed by atoms with Gasteiger partial charge in [-0.15, -0.1) is 0 Å². The summed E-state index contributed by atoms with van der Waals surface area (Å²) in [5, 5.41) is 23.4. The maximum Gasteiger partial charge on any atom is 0.121 e. The van der Waals surface area contributed by atoms with Gasteiger partial charge in [-0.2, -0.15) is 0 Å². The summed E-state index contributed by atoms with van der Waals surface area (Å²) >= 11 is 13.9. The molecule has 0 saturated heterocycles. The Morgan fingerprint density at radius 2 is 1.96 bits per heavy atom. The number of hydrogen-bond acceptors (Lipinski definition) is 4. The molecule has 1 aliphatic rings. The van der Waals surface area contributed by atoms with Gasteiger partial charge in [0, 0.05) is 45.0 Å². The van der Waals surface area contributed by atoms with E-state index in [-0.39, 0.29) is 12.5 Å². The zero-order chi connectivity index (χ0) is 20.0. The highest BCUT2D eigenvalue weighted by Crippen LogP contribution is 2.46. The van der Waals surface area contributed by atoms with E-state index >= 15 is 0 Å². The molecule has 1 unspecified atom stereocenters. The molecule has 0 spiro atoms. The van der Waals surface area contributed by atoms with Crippen molar-refractivity contribution in [2.24, 2.45) is 0 Å². The Balaban J connectivity index is 1.92. The summed E-state index contributed by atoms with van der Waals surface area (Å²) in [6.07, 6.45) is 2.62. The SMILES string of the molecule is CC(C)c1c(CO)c2n(c1Sc1cc(Cl)cc(Cl)c1)Cc1ccncc1C2O. The van der Waals surface area contributed by atoms with Gasteiger partial charge >= 0.3 is 0 Å². The molecule has 3 aromatic rings. The third-order valence-corrected chi connectivity index (χ3v) is 6.56. The quantitative estimate of drug-likeness (QED) is 0.576. The molecule has 0 amide bonds. The number of aliphatic hydroxyl groups excluding tert-OH is 2. The maximum atomic E-state index is 11.1. The standard InChI is InChI=1S/C21H20Cl2N2O2S/c1-11(2)18-17(10-26)19-20(27)16-8-24-4-3-12(16)9-25(19)21(18)28-15-6-13(22)5-14(23)7-15/h3-8,11,20,26-27H,9-10H2,1-2H3. The van der Waals surface area contributed by atoms with Gasteiger partial charge in [-0.05, 0) is 41.3 Å². The topological polar surface area (TPSA) is 58.3 Å². The van der Waals surface area contributed by atoms with Gasteiger partial charge in [-0.3, -0.25) is 4.98 Å². The molecule has 3 heterocycles. The number of benzene rings is 1. The third kappa shape index (κ3) is 3.36. The van der Waals surface area contributed by atoms with Crippen molar-refractivity contribution in [1.82, 2.24) is 9.55 Å². The van der Waals surface area contributed by atoms with Gasteiger partial charge in [0.15, 0.2) is 0 Å². The summed E-state index contributed by atoms with van der Waals surface area (Å²) in [5.74, 6) is 0.172. The van der Waals surface area contributed by atoms with Crippen LogP contribution in [0.5, 0.6) is 0 Å². The minimum atomic E-state index is -0.825. The lowest BCUT2D eigenvalue weighted by atomic mass is 9.94. The predicted octanol–water partition coefficient (Wildman–Crippen LogP) is 5.40. The highest BCUT2D eigenvalue weighted by molar-refractivity contribution is 7.99. The van der Waals surface area contributed by atoms with Crippen LogP contribution in [-0.2, 0) is 13.2 Å². The molecule has 0 fully saturated rings. The second-order valence-corrected chi connectivity index (χ2v) is 9.10. The van der Waals surface area contributed by atoms with E-state index in [1.54, 1.807) is 30.2 Å². The summed E-state index contributed by atoms with van der Waals surface area (Å²) in [5.41, 5.74) is 4.38. The first kappa shape index (κ1) is 19.8. The van der Waals surface area contributed by atoms with Crippen molar-refractivity contribution in [3.05, 3.63) is 74.7 Å². The van der Waals surface area contributed by atoms with Crippen LogP contribution < -0.4 is 0 Å². The molecule has 4 rings (SSSR count). The van der Waals surface area contributed by atoms with E-state index in [9.17, 15) is 10.2 Å². The number of rotatable bonds is 4. The van der Waals surface area contributed by atoms with Crippen molar-refractivity contribution in [1.29, 1.82) is 0 Å². The van der Waals surface area contributed by atoms with E-state index in [1.165, 1.54) is 0 Å². The van der Waals surface area contributed by atoms with Crippen molar-refractivity contribution in [2.75, 3.05) is 0 Å². The fourth-order valence-electron chi connectivity index (χ4n) is 3.87. The van der Waals surface area contributed by atoms with Gasteiger partial charge in [0.2, 0.25) is 0 Å². The highest BCUT2D eigenvalue weighted by atomic mass is 35.5. The number of aliphatic hydroxyl groups is 2. The van der Waals surface area contributed by atoms with Crippen molar-refractivity contribution >= 4 is 35.0 Å². The van der Waals surface area contributed by atoms with E-state index in [2.05, 4.69) is 23.4 Å². The van der Waals surface area contributed by atoms with Crippen molar-refractivity contribution in [3.8, 4) is 0 Å². The smallest absolute Gasteiger partial charge is 0.121 e. The van der Waals surface area contributed by atoms with Crippen LogP contribution in [0.2, 0.25) is 10.0 Å². The Morgan fingerprint density at radius 1 is 1.25 bits per heavy atom. The Hall–Kier alpha value is -1.50. The summed E-state index contributed by atoms with van der Waals surface area (Å²) in [7, 11) is 0. The largest absolute Gasteiger partial charge is 0.392 e. The van der Waals surface area contributed by atoms with E-state index in [1.807, 2.05) is 18.2 Å². The molecule has 0 radical (unpaired) electrons. The average Bonchev–Trinajstić information content (AvgIpc) is 2.95. The van der Waals surface area contributed by atoms with Crippen LogP contribution in [0, 0.1) is 0 Å². The Kier molecular flexibility index (Phi) is 5.47. The zero-order valence-electron chi connectivity index (χ0n) is 15.5.